The largest absolute Gasteiger partial charge is 0.479 e. The van der Waals surface area contributed by atoms with Crippen molar-refractivity contribution in [3.05, 3.63) is 33.9 Å². The number of nitro benzene ring substituents is 1. The average Bonchev–Trinajstić information content (AvgIpc) is 2.16. The average molecular weight is 212 g/mol. The molecule has 1 atom stereocenters. The van der Waals surface area contributed by atoms with E-state index in [-0.39, 0.29) is 16.9 Å². The number of rotatable bonds is 3. The number of hydrogen-bond acceptors (Lipinski definition) is 5. The summed E-state index contributed by atoms with van der Waals surface area (Å²) in [6.45, 7) is 0. The summed E-state index contributed by atoms with van der Waals surface area (Å²) in [5.41, 5.74) is 4.87. The summed E-state index contributed by atoms with van der Waals surface area (Å²) < 4.78 is 0. The van der Waals surface area contributed by atoms with Crippen molar-refractivity contribution in [3.63, 3.8) is 0 Å². The van der Waals surface area contributed by atoms with Crippen molar-refractivity contribution >= 4 is 17.3 Å². The van der Waals surface area contributed by atoms with Gasteiger partial charge in [0.15, 0.2) is 6.10 Å². The molecule has 1 unspecified atom stereocenters. The van der Waals surface area contributed by atoms with Crippen LogP contribution in [0.3, 0.4) is 0 Å². The van der Waals surface area contributed by atoms with E-state index in [1.165, 1.54) is 6.07 Å². The van der Waals surface area contributed by atoms with Gasteiger partial charge in [-0.05, 0) is 6.07 Å². The molecule has 0 aliphatic carbocycles. The molecule has 1 aromatic carbocycles. The van der Waals surface area contributed by atoms with Gasteiger partial charge in [-0.25, -0.2) is 4.79 Å². The second-order valence-electron chi connectivity index (χ2n) is 2.81. The van der Waals surface area contributed by atoms with Gasteiger partial charge in [-0.15, -0.1) is 0 Å². The van der Waals surface area contributed by atoms with Crippen molar-refractivity contribution in [1.29, 1.82) is 0 Å². The van der Waals surface area contributed by atoms with Gasteiger partial charge >= 0.3 is 5.97 Å². The fourth-order valence-electron chi connectivity index (χ4n) is 1.05. The van der Waals surface area contributed by atoms with Crippen LogP contribution in [0, 0.1) is 10.1 Å². The molecular weight excluding hydrogens is 204 g/mol. The van der Waals surface area contributed by atoms with E-state index < -0.39 is 17.0 Å². The van der Waals surface area contributed by atoms with Crippen LogP contribution in [0.2, 0.25) is 0 Å². The number of non-ortho nitro benzene ring substituents is 1. The highest BCUT2D eigenvalue weighted by molar-refractivity contribution is 5.77. The standard InChI is InChI=1S/C8H8N2O5/c9-6-2-1-4(10(14)15)3-5(6)7(11)8(12)13/h1-3,7,11H,9H2,(H,12,13). The number of carbonyl (C=O) groups is 1. The number of anilines is 1. The van der Waals surface area contributed by atoms with Crippen LogP contribution >= 0.6 is 0 Å². The Morgan fingerprint density at radius 3 is 2.60 bits per heavy atom. The van der Waals surface area contributed by atoms with E-state index in [4.69, 9.17) is 10.8 Å². The maximum absolute atomic E-state index is 10.5. The summed E-state index contributed by atoms with van der Waals surface area (Å²) in [6.07, 6.45) is -1.86. The minimum Gasteiger partial charge on any atom is -0.479 e. The number of benzene rings is 1. The molecule has 7 heteroatoms. The lowest BCUT2D eigenvalue weighted by atomic mass is 10.1. The van der Waals surface area contributed by atoms with Gasteiger partial charge < -0.3 is 15.9 Å². The lowest BCUT2D eigenvalue weighted by Gasteiger charge is -2.08. The summed E-state index contributed by atoms with van der Waals surface area (Å²) in [6, 6.07) is 3.25. The summed E-state index contributed by atoms with van der Waals surface area (Å²) >= 11 is 0. The van der Waals surface area contributed by atoms with Crippen molar-refractivity contribution in [3.8, 4) is 0 Å². The van der Waals surface area contributed by atoms with Crippen molar-refractivity contribution in [2.24, 2.45) is 0 Å². The zero-order valence-electron chi connectivity index (χ0n) is 7.45. The SMILES string of the molecule is Nc1ccc([N+](=O)[O-])cc1C(O)C(=O)O. The molecule has 0 aromatic heterocycles. The molecule has 15 heavy (non-hydrogen) atoms. The van der Waals surface area contributed by atoms with Gasteiger partial charge in [0.05, 0.1) is 4.92 Å². The molecule has 0 aliphatic rings. The molecule has 80 valence electrons. The first-order valence-electron chi connectivity index (χ1n) is 3.88. The first-order chi connectivity index (χ1) is 6.93. The molecule has 0 saturated heterocycles. The molecule has 1 aromatic rings. The fraction of sp³-hybridized carbons (Fsp3) is 0.125. The lowest BCUT2D eigenvalue weighted by molar-refractivity contribution is -0.384. The van der Waals surface area contributed by atoms with Gasteiger partial charge in [-0.1, -0.05) is 0 Å². The number of carboxylic acid groups (broad SMARTS) is 1. The van der Waals surface area contributed by atoms with Crippen LogP contribution in [0.15, 0.2) is 18.2 Å². The normalized spacial score (nSPS) is 12.1. The fourth-order valence-corrected chi connectivity index (χ4v) is 1.05. The highest BCUT2D eigenvalue weighted by Gasteiger charge is 2.21. The summed E-state index contributed by atoms with van der Waals surface area (Å²) in [5, 5.41) is 28.1. The number of aliphatic carboxylic acids is 1. The van der Waals surface area contributed by atoms with Gasteiger partial charge in [0, 0.05) is 23.4 Å². The second kappa shape index (κ2) is 3.93. The van der Waals surface area contributed by atoms with Crippen LogP contribution in [-0.2, 0) is 4.79 Å². The van der Waals surface area contributed by atoms with Gasteiger partial charge in [-0.3, -0.25) is 10.1 Å². The Kier molecular flexibility index (Phi) is 2.86. The first kappa shape index (κ1) is 10.9. The third-order valence-corrected chi connectivity index (χ3v) is 1.81. The molecule has 0 amide bonds. The van der Waals surface area contributed by atoms with Gasteiger partial charge in [0.1, 0.15) is 0 Å². The van der Waals surface area contributed by atoms with Gasteiger partial charge in [-0.2, -0.15) is 0 Å². The van der Waals surface area contributed by atoms with Gasteiger partial charge in [0.25, 0.3) is 5.69 Å². The second-order valence-corrected chi connectivity index (χ2v) is 2.81. The maximum Gasteiger partial charge on any atom is 0.337 e. The number of carboxylic acids is 1. The molecule has 0 heterocycles. The van der Waals surface area contributed by atoms with Crippen LogP contribution in [0.25, 0.3) is 0 Å². The van der Waals surface area contributed by atoms with E-state index in [9.17, 15) is 20.0 Å². The van der Waals surface area contributed by atoms with E-state index in [0.29, 0.717) is 0 Å². The molecule has 0 aliphatic heterocycles. The van der Waals surface area contributed by atoms with E-state index in [2.05, 4.69) is 0 Å². The molecule has 0 spiro atoms. The maximum atomic E-state index is 10.5. The monoisotopic (exact) mass is 212 g/mol. The van der Waals surface area contributed by atoms with Crippen molar-refractivity contribution in [2.75, 3.05) is 5.73 Å². The Morgan fingerprint density at radius 2 is 2.13 bits per heavy atom. The van der Waals surface area contributed by atoms with Crippen LogP contribution < -0.4 is 5.73 Å². The third-order valence-electron chi connectivity index (χ3n) is 1.81. The van der Waals surface area contributed by atoms with Crippen LogP contribution in [0.5, 0.6) is 0 Å². The summed E-state index contributed by atoms with van der Waals surface area (Å²) in [4.78, 5) is 20.2. The van der Waals surface area contributed by atoms with E-state index >= 15 is 0 Å². The summed E-state index contributed by atoms with van der Waals surface area (Å²) in [7, 11) is 0. The smallest absolute Gasteiger partial charge is 0.337 e. The number of nitrogen functional groups attached to an aromatic ring is 1. The molecule has 0 fully saturated rings. The van der Waals surface area contributed by atoms with Crippen molar-refractivity contribution in [1.82, 2.24) is 0 Å². The quantitative estimate of drug-likeness (QED) is 0.375. The van der Waals surface area contributed by atoms with Gasteiger partial charge in [0.2, 0.25) is 0 Å². The molecule has 7 nitrogen and oxygen atoms in total. The Hall–Kier alpha value is -2.15. The minimum atomic E-state index is -1.86. The first-order valence-corrected chi connectivity index (χ1v) is 3.88. The van der Waals surface area contributed by atoms with Crippen LogP contribution in [0.1, 0.15) is 11.7 Å². The number of aliphatic hydroxyl groups is 1. The number of nitrogens with zero attached hydrogens (tertiary/aromatic N) is 1. The van der Waals surface area contributed by atoms with Crippen molar-refractivity contribution < 1.29 is 19.9 Å². The Morgan fingerprint density at radius 1 is 1.53 bits per heavy atom. The van der Waals surface area contributed by atoms with E-state index in [1.807, 2.05) is 0 Å². The summed E-state index contributed by atoms with van der Waals surface area (Å²) in [5.74, 6) is -1.51. The Balaban J connectivity index is 3.22. The third kappa shape index (κ3) is 2.20. The zero-order valence-corrected chi connectivity index (χ0v) is 7.45. The Labute approximate surface area is 83.9 Å². The highest BCUT2D eigenvalue weighted by Crippen LogP contribution is 2.25. The highest BCUT2D eigenvalue weighted by atomic mass is 16.6. The van der Waals surface area contributed by atoms with Crippen LogP contribution in [0.4, 0.5) is 11.4 Å². The Bertz CT molecular complexity index is 417. The van der Waals surface area contributed by atoms with E-state index in [0.717, 1.165) is 12.1 Å². The number of nitrogens with two attached hydrogens (primary N) is 1. The minimum absolute atomic E-state index is 0.00417. The molecule has 0 radical (unpaired) electrons. The lowest BCUT2D eigenvalue weighted by Crippen LogP contribution is -2.12. The number of nitro groups is 1. The zero-order chi connectivity index (χ0) is 11.6. The predicted octanol–water partition coefficient (Wildman–Crippen LogP) is 0.295. The molecular formula is C8H8N2O5. The predicted molar refractivity (Wildman–Crippen MR) is 50.1 cm³/mol. The van der Waals surface area contributed by atoms with Crippen molar-refractivity contribution in [2.45, 2.75) is 6.10 Å². The molecule has 1 rings (SSSR count). The van der Waals surface area contributed by atoms with E-state index in [1.54, 1.807) is 0 Å². The topological polar surface area (TPSA) is 127 Å². The number of hydrogen-bond donors (Lipinski definition) is 3. The molecule has 0 saturated carbocycles. The molecule has 0 bridgehead atoms. The number of aliphatic hydroxyl groups excluding tert-OH is 1. The van der Waals surface area contributed by atoms with Crippen LogP contribution in [-0.4, -0.2) is 21.1 Å². The molecule has 4 N–H and O–H groups in total.